The van der Waals surface area contributed by atoms with Crippen LogP contribution in [0.2, 0.25) is 0 Å². The summed E-state index contributed by atoms with van der Waals surface area (Å²) in [6.07, 6.45) is 1.71. The Kier molecular flexibility index (Phi) is 6.06. The molecule has 3 rings (SSSR count). The van der Waals surface area contributed by atoms with E-state index in [9.17, 15) is 10.1 Å². The first-order valence-corrected chi connectivity index (χ1v) is 10.1. The van der Waals surface area contributed by atoms with Gasteiger partial charge in [0.2, 0.25) is 0 Å². The summed E-state index contributed by atoms with van der Waals surface area (Å²) in [5, 5.41) is 18.8. The maximum Gasteiger partial charge on any atom is 0.335 e. The summed E-state index contributed by atoms with van der Waals surface area (Å²) in [5.74, 6) is -0.987. The Morgan fingerprint density at radius 1 is 1.31 bits per heavy atom. The van der Waals surface area contributed by atoms with Gasteiger partial charge in [0.1, 0.15) is 10.4 Å². The molecule has 29 heavy (non-hydrogen) atoms. The molecule has 0 aliphatic rings. The van der Waals surface area contributed by atoms with Crippen LogP contribution < -0.4 is 4.90 Å². The van der Waals surface area contributed by atoms with Crippen molar-refractivity contribution < 1.29 is 9.90 Å². The number of rotatable bonds is 6. The Morgan fingerprint density at radius 3 is 2.59 bits per heavy atom. The van der Waals surface area contributed by atoms with Crippen LogP contribution in [0.25, 0.3) is 16.3 Å². The number of carboxylic acids is 1. The van der Waals surface area contributed by atoms with Gasteiger partial charge in [-0.3, -0.25) is 0 Å². The summed E-state index contributed by atoms with van der Waals surface area (Å²) in [6.45, 7) is 8.23. The number of carbonyl (C=O) groups is 1. The zero-order valence-corrected chi connectivity index (χ0v) is 17.7. The first kappa shape index (κ1) is 20.6. The third-order valence-electron chi connectivity index (χ3n) is 4.35. The van der Waals surface area contributed by atoms with Crippen LogP contribution in [0.1, 0.15) is 29.8 Å². The van der Waals surface area contributed by atoms with Gasteiger partial charge in [0, 0.05) is 11.7 Å². The molecule has 0 fully saturated rings. The maximum absolute atomic E-state index is 11.0. The van der Waals surface area contributed by atoms with Crippen molar-refractivity contribution in [3.05, 3.63) is 71.4 Å². The molecule has 0 bridgehead atoms. The molecular weight excluding hydrogens is 402 g/mol. The molecule has 146 valence electrons. The number of thiol groups is 1. The van der Waals surface area contributed by atoms with E-state index in [1.54, 1.807) is 18.2 Å². The maximum atomic E-state index is 11.0. The lowest BCUT2D eigenvalue weighted by molar-refractivity contribution is 0.0697. The average molecular weight is 422 g/mol. The molecule has 1 N–H and O–H groups in total. The Balaban J connectivity index is 1.97. The van der Waals surface area contributed by atoms with Crippen LogP contribution in [0.15, 0.2) is 64.7 Å². The Bertz CT molecular complexity index is 1160. The lowest BCUT2D eigenvalue weighted by atomic mass is 10.1. The van der Waals surface area contributed by atoms with E-state index in [1.165, 1.54) is 23.5 Å². The number of nitriles is 1. The number of nitrogens with zero attached hydrogens (tertiary/aromatic N) is 3. The van der Waals surface area contributed by atoms with Crippen molar-refractivity contribution in [2.75, 3.05) is 4.90 Å². The zero-order chi connectivity index (χ0) is 21.1. The average Bonchev–Trinajstić information content (AvgIpc) is 3.05. The molecule has 3 aromatic rings. The van der Waals surface area contributed by atoms with Crippen molar-refractivity contribution in [3.63, 3.8) is 0 Å². The summed E-state index contributed by atoms with van der Waals surface area (Å²) in [4.78, 5) is 17.4. The minimum atomic E-state index is -0.987. The highest BCUT2D eigenvalue weighted by Crippen LogP contribution is 2.32. The van der Waals surface area contributed by atoms with Gasteiger partial charge in [-0.25, -0.2) is 9.78 Å². The molecule has 0 spiro atoms. The summed E-state index contributed by atoms with van der Waals surface area (Å²) >= 11 is 5.82. The predicted octanol–water partition coefficient (Wildman–Crippen LogP) is 5.62. The predicted molar refractivity (Wildman–Crippen MR) is 121 cm³/mol. The van der Waals surface area contributed by atoms with Crippen LogP contribution in [0.4, 0.5) is 5.69 Å². The number of aromatic nitrogens is 1. The number of allylic oxidation sites excluding steroid dienone is 1. The Hall–Kier alpha value is -3.08. The normalized spacial score (nSPS) is 11.5. The van der Waals surface area contributed by atoms with E-state index >= 15 is 0 Å². The lowest BCUT2D eigenvalue weighted by Gasteiger charge is -2.30. The van der Waals surface area contributed by atoms with Crippen LogP contribution in [-0.2, 0) is 0 Å². The molecule has 0 aliphatic heterocycles. The summed E-state index contributed by atoms with van der Waals surface area (Å²) in [6, 6.07) is 14.6. The standard InChI is InChI=1S/C22H19N3O2S2/c1-13(2)25(18-8-9-19-20(11-18)29-22(28)24-19)14(3)17(12-23)10-15-4-6-16(7-5-15)21(26)27/h4-11,13H,3H2,1-2H3,(H,24,28)(H,26,27)/b17-10+. The highest BCUT2D eigenvalue weighted by molar-refractivity contribution is 7.82. The van der Waals surface area contributed by atoms with Crippen molar-refractivity contribution >= 4 is 51.9 Å². The van der Waals surface area contributed by atoms with Crippen LogP contribution in [0.3, 0.4) is 0 Å². The molecule has 5 nitrogen and oxygen atoms in total. The minimum absolute atomic E-state index is 0.0643. The quantitative estimate of drug-likeness (QED) is 0.307. The summed E-state index contributed by atoms with van der Waals surface area (Å²) in [7, 11) is 0. The van der Waals surface area contributed by atoms with Crippen molar-refractivity contribution in [1.82, 2.24) is 4.98 Å². The van der Waals surface area contributed by atoms with Gasteiger partial charge >= 0.3 is 5.97 Å². The van der Waals surface area contributed by atoms with E-state index in [2.05, 4.69) is 30.3 Å². The topological polar surface area (TPSA) is 77.2 Å². The van der Waals surface area contributed by atoms with Gasteiger partial charge in [0.15, 0.2) is 0 Å². The number of aromatic carboxylic acids is 1. The molecule has 0 saturated heterocycles. The molecule has 2 aromatic carbocycles. The van der Waals surface area contributed by atoms with Gasteiger partial charge in [-0.15, -0.1) is 24.0 Å². The molecule has 0 saturated carbocycles. The fourth-order valence-electron chi connectivity index (χ4n) is 3.02. The molecule has 0 unspecified atom stereocenters. The number of benzene rings is 2. The van der Waals surface area contributed by atoms with Gasteiger partial charge < -0.3 is 10.0 Å². The molecule has 0 amide bonds. The van der Waals surface area contributed by atoms with Crippen molar-refractivity contribution in [2.24, 2.45) is 0 Å². The second-order valence-electron chi connectivity index (χ2n) is 6.66. The highest BCUT2D eigenvalue weighted by atomic mass is 32.2. The molecular formula is C22H19N3O2S2. The molecule has 1 heterocycles. The summed E-state index contributed by atoms with van der Waals surface area (Å²) in [5.41, 5.74) is 3.70. The minimum Gasteiger partial charge on any atom is -0.478 e. The number of hydrogen-bond acceptors (Lipinski definition) is 6. The van der Waals surface area contributed by atoms with Gasteiger partial charge in [0.05, 0.1) is 27.1 Å². The van der Waals surface area contributed by atoms with Crippen LogP contribution >= 0.6 is 24.0 Å². The van der Waals surface area contributed by atoms with Crippen molar-refractivity contribution in [3.8, 4) is 6.07 Å². The first-order valence-electron chi connectivity index (χ1n) is 8.83. The fourth-order valence-corrected chi connectivity index (χ4v) is 4.16. The van der Waals surface area contributed by atoms with Crippen LogP contribution in [-0.4, -0.2) is 22.1 Å². The van der Waals surface area contributed by atoms with Crippen LogP contribution in [0, 0.1) is 11.3 Å². The second kappa shape index (κ2) is 8.52. The molecule has 0 atom stereocenters. The smallest absolute Gasteiger partial charge is 0.335 e. The van der Waals surface area contributed by atoms with Gasteiger partial charge in [-0.1, -0.05) is 18.7 Å². The van der Waals surface area contributed by atoms with Crippen molar-refractivity contribution in [2.45, 2.75) is 24.2 Å². The van der Waals surface area contributed by atoms with E-state index in [0.29, 0.717) is 15.6 Å². The molecule has 0 radical (unpaired) electrons. The SMILES string of the molecule is C=C(/C(C#N)=C/c1ccc(C(=O)O)cc1)N(c1ccc2nc(S)sc2c1)C(C)C. The zero-order valence-electron chi connectivity index (χ0n) is 16.0. The van der Waals surface area contributed by atoms with E-state index < -0.39 is 5.97 Å². The lowest BCUT2D eigenvalue weighted by Crippen LogP contribution is -2.30. The molecule has 7 heteroatoms. The fraction of sp³-hybridized carbons (Fsp3) is 0.136. The second-order valence-corrected chi connectivity index (χ2v) is 8.41. The van der Waals surface area contributed by atoms with Gasteiger partial charge in [-0.2, -0.15) is 5.26 Å². The number of anilines is 1. The number of carboxylic acid groups (broad SMARTS) is 1. The van der Waals surface area contributed by atoms with Gasteiger partial charge in [-0.05, 0) is 55.8 Å². The first-order chi connectivity index (χ1) is 13.8. The van der Waals surface area contributed by atoms with E-state index in [4.69, 9.17) is 5.11 Å². The highest BCUT2D eigenvalue weighted by Gasteiger charge is 2.18. The van der Waals surface area contributed by atoms with E-state index in [0.717, 1.165) is 21.5 Å². The third-order valence-corrected chi connectivity index (χ3v) is 5.54. The number of hydrogen-bond donors (Lipinski definition) is 2. The third kappa shape index (κ3) is 4.50. The molecule has 1 aromatic heterocycles. The number of thiazole rings is 1. The van der Waals surface area contributed by atoms with Gasteiger partial charge in [0.25, 0.3) is 0 Å². The summed E-state index contributed by atoms with van der Waals surface area (Å²) < 4.78 is 1.71. The molecule has 0 aliphatic carbocycles. The monoisotopic (exact) mass is 421 g/mol. The van der Waals surface area contributed by atoms with Crippen molar-refractivity contribution in [1.29, 1.82) is 5.26 Å². The largest absolute Gasteiger partial charge is 0.478 e. The number of fused-ring (bicyclic) bond motifs is 1. The van der Waals surface area contributed by atoms with Crippen LogP contribution in [0.5, 0.6) is 0 Å². The Labute approximate surface area is 178 Å². The Morgan fingerprint density at radius 2 is 2.00 bits per heavy atom. The van der Waals surface area contributed by atoms with E-state index in [-0.39, 0.29) is 11.6 Å². The van der Waals surface area contributed by atoms with E-state index in [1.807, 2.05) is 36.9 Å².